The zero-order valence-electron chi connectivity index (χ0n) is 12.8. The Bertz CT molecular complexity index is 365. The first kappa shape index (κ1) is 17.4. The number of aromatic nitrogens is 2. The topological polar surface area (TPSA) is 17.8 Å². The first-order chi connectivity index (χ1) is 9.36. The van der Waals surface area contributed by atoms with Gasteiger partial charge < -0.3 is 4.57 Å². The summed E-state index contributed by atoms with van der Waals surface area (Å²) in [7, 11) is 0. The average molecular weight is 260 g/mol. The Labute approximate surface area is 118 Å². The lowest BCUT2D eigenvalue weighted by molar-refractivity contribution is 0.631. The van der Waals surface area contributed by atoms with E-state index in [0.717, 1.165) is 13.0 Å². The molecule has 0 radical (unpaired) electrons. The number of unbranched alkanes of at least 4 members (excludes halogenated alkanes) is 1. The van der Waals surface area contributed by atoms with Gasteiger partial charge in [-0.15, -0.1) is 0 Å². The van der Waals surface area contributed by atoms with Gasteiger partial charge in [0.15, 0.2) is 0 Å². The van der Waals surface area contributed by atoms with Crippen molar-refractivity contribution >= 4 is 0 Å². The third-order valence-electron chi connectivity index (χ3n) is 2.58. The summed E-state index contributed by atoms with van der Waals surface area (Å²) >= 11 is 0. The number of aryl methyl sites for hydroxylation is 2. The molecule has 0 atom stereocenters. The van der Waals surface area contributed by atoms with Crippen molar-refractivity contribution in [1.82, 2.24) is 9.55 Å². The third kappa shape index (κ3) is 9.06. The van der Waals surface area contributed by atoms with E-state index in [4.69, 9.17) is 0 Å². The Hall–Kier alpha value is -1.57. The van der Waals surface area contributed by atoms with Crippen LogP contribution in [0.3, 0.4) is 0 Å². The first-order valence-corrected chi connectivity index (χ1v) is 7.36. The van der Waals surface area contributed by atoms with Crippen molar-refractivity contribution in [3.8, 4) is 0 Å². The molecule has 1 heterocycles. The molecule has 2 nitrogen and oxygen atoms in total. The van der Waals surface area contributed by atoms with Crippen LogP contribution in [0.2, 0.25) is 0 Å². The number of nitrogens with zero attached hydrogens (tertiary/aromatic N) is 2. The van der Waals surface area contributed by atoms with Crippen LogP contribution in [0.1, 0.15) is 46.1 Å². The molecule has 0 aliphatic rings. The van der Waals surface area contributed by atoms with Gasteiger partial charge in [-0.3, -0.25) is 0 Å². The summed E-state index contributed by atoms with van der Waals surface area (Å²) in [5.41, 5.74) is 1.41. The molecule has 0 saturated heterocycles. The van der Waals surface area contributed by atoms with Crippen molar-refractivity contribution in [1.29, 1.82) is 0 Å². The fraction of sp³-hybridized carbons (Fsp3) is 0.471. The minimum absolute atomic E-state index is 1.11. The van der Waals surface area contributed by atoms with E-state index in [1.165, 1.54) is 18.4 Å². The largest absolute Gasteiger partial charge is 0.337 e. The Morgan fingerprint density at radius 1 is 1.05 bits per heavy atom. The van der Waals surface area contributed by atoms with Gasteiger partial charge in [0, 0.05) is 18.9 Å². The van der Waals surface area contributed by atoms with Gasteiger partial charge in [0.25, 0.3) is 0 Å². The number of benzene rings is 1. The molecule has 0 aliphatic heterocycles. The second-order valence-electron chi connectivity index (χ2n) is 3.99. The minimum Gasteiger partial charge on any atom is -0.337 e. The summed E-state index contributed by atoms with van der Waals surface area (Å²) in [6.45, 7) is 9.46. The van der Waals surface area contributed by atoms with Crippen molar-refractivity contribution < 1.29 is 0 Å². The Balaban J connectivity index is 0.000000303. The normalized spacial score (nSPS) is 8.84. The monoisotopic (exact) mass is 260 g/mol. The summed E-state index contributed by atoms with van der Waals surface area (Å²) in [6.07, 6.45) is 9.30. The highest BCUT2D eigenvalue weighted by Crippen LogP contribution is 1.96. The van der Waals surface area contributed by atoms with E-state index >= 15 is 0 Å². The van der Waals surface area contributed by atoms with Gasteiger partial charge >= 0.3 is 0 Å². The van der Waals surface area contributed by atoms with Gasteiger partial charge in [-0.25, -0.2) is 4.98 Å². The van der Waals surface area contributed by atoms with Crippen LogP contribution in [-0.2, 0) is 13.0 Å². The Kier molecular flexibility index (Phi) is 11.8. The first-order valence-electron chi connectivity index (χ1n) is 7.36. The molecule has 1 aromatic heterocycles. The molecule has 0 saturated carbocycles. The standard InChI is InChI=1S/C8H10.C7H12N2.C2H6/c1-2-8-6-4-3-5-7-8;1-2-3-5-9-6-4-8-7-9;1-2/h3-7H,2H2,1H3;4,6-7H,2-3,5H2,1H3;1-2H3. The third-order valence-corrected chi connectivity index (χ3v) is 2.58. The van der Waals surface area contributed by atoms with Gasteiger partial charge in [-0.05, 0) is 18.4 Å². The summed E-state index contributed by atoms with van der Waals surface area (Å²) in [4.78, 5) is 3.94. The van der Waals surface area contributed by atoms with Crippen LogP contribution in [0.15, 0.2) is 49.1 Å². The molecule has 106 valence electrons. The highest BCUT2D eigenvalue weighted by atomic mass is 15.0. The zero-order valence-corrected chi connectivity index (χ0v) is 12.8. The maximum atomic E-state index is 3.94. The fourth-order valence-corrected chi connectivity index (χ4v) is 1.47. The van der Waals surface area contributed by atoms with Crippen LogP contribution in [0.4, 0.5) is 0 Å². The van der Waals surface area contributed by atoms with E-state index in [1.54, 1.807) is 0 Å². The van der Waals surface area contributed by atoms with E-state index in [9.17, 15) is 0 Å². The lowest BCUT2D eigenvalue weighted by Crippen LogP contribution is -1.92. The van der Waals surface area contributed by atoms with Gasteiger partial charge in [-0.1, -0.05) is 64.4 Å². The SMILES string of the molecule is CC.CCCCn1ccnc1.CCc1ccccc1. The molecule has 2 rings (SSSR count). The molecule has 0 spiro atoms. The van der Waals surface area contributed by atoms with Crippen LogP contribution in [0, 0.1) is 0 Å². The van der Waals surface area contributed by atoms with Crippen molar-refractivity contribution in [3.63, 3.8) is 0 Å². The van der Waals surface area contributed by atoms with Crippen molar-refractivity contribution in [2.75, 3.05) is 0 Å². The molecule has 0 amide bonds. The van der Waals surface area contributed by atoms with Crippen LogP contribution < -0.4 is 0 Å². The highest BCUT2D eigenvalue weighted by Gasteiger charge is 1.85. The molecule has 0 N–H and O–H groups in total. The highest BCUT2D eigenvalue weighted by molar-refractivity contribution is 5.13. The Morgan fingerprint density at radius 2 is 1.74 bits per heavy atom. The average Bonchev–Trinajstić information content (AvgIpc) is 3.02. The molecule has 0 aliphatic carbocycles. The van der Waals surface area contributed by atoms with Crippen LogP contribution in [0.25, 0.3) is 0 Å². The smallest absolute Gasteiger partial charge is 0.0945 e. The van der Waals surface area contributed by atoms with Crippen LogP contribution in [-0.4, -0.2) is 9.55 Å². The molecular weight excluding hydrogens is 232 g/mol. The quantitative estimate of drug-likeness (QED) is 0.760. The van der Waals surface area contributed by atoms with Gasteiger partial charge in [0.2, 0.25) is 0 Å². The second kappa shape index (κ2) is 12.9. The summed E-state index contributed by atoms with van der Waals surface area (Å²) in [6, 6.07) is 10.5. The lowest BCUT2D eigenvalue weighted by atomic mass is 10.2. The predicted octanol–water partition coefficient (Wildman–Crippen LogP) is 4.96. The van der Waals surface area contributed by atoms with E-state index < -0.39 is 0 Å². The molecule has 2 heteroatoms. The molecule has 0 bridgehead atoms. The van der Waals surface area contributed by atoms with Gasteiger partial charge in [-0.2, -0.15) is 0 Å². The number of hydrogen-bond donors (Lipinski definition) is 0. The second-order valence-corrected chi connectivity index (χ2v) is 3.99. The van der Waals surface area contributed by atoms with Crippen molar-refractivity contribution in [3.05, 3.63) is 54.6 Å². The maximum Gasteiger partial charge on any atom is 0.0945 e. The summed E-state index contributed by atoms with van der Waals surface area (Å²) < 4.78 is 2.10. The molecule has 1 aromatic carbocycles. The predicted molar refractivity (Wildman–Crippen MR) is 84.3 cm³/mol. The van der Waals surface area contributed by atoms with Gasteiger partial charge in [0.1, 0.15) is 0 Å². The molecule has 0 fully saturated rings. The van der Waals surface area contributed by atoms with E-state index in [0.29, 0.717) is 0 Å². The molecular formula is C17H28N2. The van der Waals surface area contributed by atoms with Crippen LogP contribution >= 0.6 is 0 Å². The number of rotatable bonds is 4. The molecule has 2 aromatic rings. The van der Waals surface area contributed by atoms with Crippen molar-refractivity contribution in [2.45, 2.75) is 53.5 Å². The maximum absolute atomic E-state index is 3.94. The van der Waals surface area contributed by atoms with E-state index in [2.05, 4.69) is 47.7 Å². The molecule has 0 unspecified atom stereocenters. The van der Waals surface area contributed by atoms with Gasteiger partial charge in [0.05, 0.1) is 6.33 Å². The van der Waals surface area contributed by atoms with E-state index in [1.807, 2.05) is 38.6 Å². The minimum atomic E-state index is 1.11. The van der Waals surface area contributed by atoms with E-state index in [-0.39, 0.29) is 0 Å². The molecule has 19 heavy (non-hydrogen) atoms. The fourth-order valence-electron chi connectivity index (χ4n) is 1.47. The lowest BCUT2D eigenvalue weighted by Gasteiger charge is -1.96. The zero-order chi connectivity index (χ0) is 14.3. The number of imidazole rings is 1. The van der Waals surface area contributed by atoms with Crippen molar-refractivity contribution in [2.24, 2.45) is 0 Å². The summed E-state index contributed by atoms with van der Waals surface area (Å²) in [5.74, 6) is 0. The Morgan fingerprint density at radius 3 is 2.16 bits per heavy atom. The number of hydrogen-bond acceptors (Lipinski definition) is 1. The van der Waals surface area contributed by atoms with Crippen LogP contribution in [0.5, 0.6) is 0 Å². The summed E-state index contributed by atoms with van der Waals surface area (Å²) in [5, 5.41) is 0.